The first-order chi connectivity index (χ1) is 6.93. The third kappa shape index (κ3) is 20.2. The van der Waals surface area contributed by atoms with Gasteiger partial charge in [-0.2, -0.15) is 0 Å². The van der Waals surface area contributed by atoms with Gasteiger partial charge in [0.15, 0.2) is 6.07 Å². The van der Waals surface area contributed by atoms with Crippen LogP contribution in [0.15, 0.2) is 0 Å². The zero-order valence-corrected chi connectivity index (χ0v) is 11.8. The van der Waals surface area contributed by atoms with Gasteiger partial charge in [0.2, 0.25) is 0 Å². The number of carbonyl (C=O) groups excluding carboxylic acids is 2. The molecule has 8 heteroatoms. The molecule has 0 saturated carbocycles. The van der Waals surface area contributed by atoms with Crippen LogP contribution in [0.5, 0.6) is 0 Å². The number of hydrogen-bond acceptors (Lipinski definition) is 5. The molecule has 0 aromatic heterocycles. The predicted molar refractivity (Wildman–Crippen MR) is 64.6 cm³/mol. The second-order valence-corrected chi connectivity index (χ2v) is 3.31. The molecule has 0 atom stereocenters. The van der Waals surface area contributed by atoms with E-state index in [-0.39, 0.29) is 12.2 Å². The van der Waals surface area contributed by atoms with E-state index in [9.17, 15) is 9.59 Å². The summed E-state index contributed by atoms with van der Waals surface area (Å²) in [6.07, 6.45) is -0.695. The van der Waals surface area contributed by atoms with Gasteiger partial charge in [0.05, 0.1) is 6.10 Å². The van der Waals surface area contributed by atoms with E-state index in [1.807, 2.05) is 22.6 Å². The van der Waals surface area contributed by atoms with Crippen LogP contribution in [0.25, 0.3) is 0 Å². The van der Waals surface area contributed by atoms with Crippen LogP contribution in [0.1, 0.15) is 13.8 Å². The van der Waals surface area contributed by atoms with E-state index < -0.39 is 11.6 Å². The maximum Gasteiger partial charge on any atom is 0.509 e. The Kier molecular flexibility index (Phi) is 14.1. The van der Waals surface area contributed by atoms with Crippen molar-refractivity contribution in [1.82, 2.24) is 0 Å². The topological polar surface area (TPSA) is 61.8 Å². The SMILES string of the molecule is CC(C)OC(=O)OCI.O=C(Cl)OCCl. The molecule has 0 aliphatic rings. The van der Waals surface area contributed by atoms with Crippen molar-refractivity contribution in [3.8, 4) is 0 Å². The molecule has 15 heavy (non-hydrogen) atoms. The van der Waals surface area contributed by atoms with Crippen LogP contribution in [-0.4, -0.2) is 28.4 Å². The van der Waals surface area contributed by atoms with E-state index in [1.54, 1.807) is 13.8 Å². The Balaban J connectivity index is 0. The fourth-order valence-electron chi connectivity index (χ4n) is 0.314. The van der Waals surface area contributed by atoms with Gasteiger partial charge < -0.3 is 14.2 Å². The first-order valence-electron chi connectivity index (χ1n) is 3.71. The molecular formula is C7H11Cl2IO5. The molecule has 0 bridgehead atoms. The lowest BCUT2D eigenvalue weighted by Gasteiger charge is -2.05. The molecule has 0 radical (unpaired) electrons. The molecule has 0 aromatic rings. The summed E-state index contributed by atoms with van der Waals surface area (Å²) in [5, 5.41) is 0. The molecule has 0 fully saturated rings. The molecule has 0 N–H and O–H groups in total. The molecule has 0 aromatic carbocycles. The Morgan fingerprint density at radius 2 is 1.87 bits per heavy atom. The van der Waals surface area contributed by atoms with Crippen LogP contribution in [-0.2, 0) is 14.2 Å². The third-order valence-electron chi connectivity index (χ3n) is 0.672. The molecule has 0 unspecified atom stereocenters. The van der Waals surface area contributed by atoms with Crippen molar-refractivity contribution < 1.29 is 23.8 Å². The second kappa shape index (κ2) is 12.1. The highest BCUT2D eigenvalue weighted by atomic mass is 127. The summed E-state index contributed by atoms with van der Waals surface area (Å²) in [6, 6.07) is -0.178. The van der Waals surface area contributed by atoms with Crippen molar-refractivity contribution in [2.24, 2.45) is 0 Å². The maximum absolute atomic E-state index is 10.4. The Morgan fingerprint density at radius 1 is 1.33 bits per heavy atom. The molecule has 0 spiro atoms. The van der Waals surface area contributed by atoms with E-state index in [4.69, 9.17) is 11.6 Å². The summed E-state index contributed by atoms with van der Waals surface area (Å²) in [6.45, 7) is 3.54. The number of halogens is 3. The monoisotopic (exact) mass is 372 g/mol. The van der Waals surface area contributed by atoms with Gasteiger partial charge in [0, 0.05) is 11.6 Å². The highest BCUT2D eigenvalue weighted by molar-refractivity contribution is 14.1. The lowest BCUT2D eigenvalue weighted by atomic mass is 10.5. The lowest BCUT2D eigenvalue weighted by molar-refractivity contribution is 0.0479. The average Bonchev–Trinajstić information content (AvgIpc) is 2.03. The van der Waals surface area contributed by atoms with Gasteiger partial charge in [0.1, 0.15) is 4.61 Å². The van der Waals surface area contributed by atoms with Crippen LogP contribution < -0.4 is 0 Å². The van der Waals surface area contributed by atoms with E-state index in [0.29, 0.717) is 4.61 Å². The average molecular weight is 373 g/mol. The van der Waals surface area contributed by atoms with Crippen molar-refractivity contribution in [1.29, 1.82) is 0 Å². The zero-order chi connectivity index (χ0) is 12.3. The number of ether oxygens (including phenoxy) is 3. The molecule has 0 rings (SSSR count). The van der Waals surface area contributed by atoms with Crippen molar-refractivity contribution in [2.45, 2.75) is 20.0 Å². The van der Waals surface area contributed by atoms with Gasteiger partial charge >= 0.3 is 11.6 Å². The summed E-state index contributed by atoms with van der Waals surface area (Å²) < 4.78 is 13.4. The fraction of sp³-hybridized carbons (Fsp3) is 0.714. The first-order valence-corrected chi connectivity index (χ1v) is 6.15. The Labute approximate surface area is 111 Å². The van der Waals surface area contributed by atoms with Crippen LogP contribution in [0.3, 0.4) is 0 Å². The molecule has 0 heterocycles. The fourth-order valence-corrected chi connectivity index (χ4v) is 0.778. The summed E-state index contributed by atoms with van der Waals surface area (Å²) >= 11 is 11.4. The summed E-state index contributed by atoms with van der Waals surface area (Å²) in [5.74, 6) is 0. The highest BCUT2D eigenvalue weighted by Gasteiger charge is 2.03. The molecule has 0 aliphatic carbocycles. The number of carbonyl (C=O) groups is 2. The van der Waals surface area contributed by atoms with E-state index in [1.165, 1.54) is 0 Å². The lowest BCUT2D eigenvalue weighted by Crippen LogP contribution is -2.11. The molecular weight excluding hydrogens is 362 g/mol. The minimum absolute atomic E-state index is 0.0968. The van der Waals surface area contributed by atoms with Crippen molar-refractivity contribution in [2.75, 3.05) is 10.7 Å². The highest BCUT2D eigenvalue weighted by Crippen LogP contribution is 1.94. The Morgan fingerprint density at radius 3 is 2.07 bits per heavy atom. The van der Waals surface area contributed by atoms with Crippen molar-refractivity contribution >= 4 is 57.4 Å². The third-order valence-corrected chi connectivity index (χ3v) is 1.20. The van der Waals surface area contributed by atoms with Crippen molar-refractivity contribution in [3.05, 3.63) is 0 Å². The molecule has 90 valence electrons. The first kappa shape index (κ1) is 17.4. The molecule has 0 aliphatic heterocycles. The largest absolute Gasteiger partial charge is 0.509 e. The van der Waals surface area contributed by atoms with Crippen molar-refractivity contribution in [3.63, 3.8) is 0 Å². The normalized spacial score (nSPS) is 8.67. The minimum atomic E-state index is -0.870. The summed E-state index contributed by atoms with van der Waals surface area (Å²) in [7, 11) is 0. The zero-order valence-electron chi connectivity index (χ0n) is 8.17. The molecule has 5 nitrogen and oxygen atoms in total. The number of hydrogen-bond donors (Lipinski definition) is 0. The van der Waals surface area contributed by atoms with Crippen LogP contribution in [0.2, 0.25) is 0 Å². The quantitative estimate of drug-likeness (QED) is 0.328. The predicted octanol–water partition coefficient (Wildman–Crippen LogP) is 3.50. The second-order valence-electron chi connectivity index (χ2n) is 2.16. The molecule has 0 amide bonds. The minimum Gasteiger partial charge on any atom is -0.437 e. The Hall–Kier alpha value is 0.0500. The van der Waals surface area contributed by atoms with Gasteiger partial charge in [-0.3, -0.25) is 0 Å². The van der Waals surface area contributed by atoms with E-state index in [0.717, 1.165) is 0 Å². The summed E-state index contributed by atoms with van der Waals surface area (Å²) in [4.78, 5) is 19.9. The van der Waals surface area contributed by atoms with E-state index >= 15 is 0 Å². The Bertz CT molecular complexity index is 188. The van der Waals surface area contributed by atoms with Crippen LogP contribution >= 0.6 is 45.8 Å². The van der Waals surface area contributed by atoms with Crippen LogP contribution in [0, 0.1) is 0 Å². The summed E-state index contributed by atoms with van der Waals surface area (Å²) in [5.41, 5.74) is -0.870. The maximum atomic E-state index is 10.4. The smallest absolute Gasteiger partial charge is 0.437 e. The van der Waals surface area contributed by atoms with Gasteiger partial charge in [0.25, 0.3) is 0 Å². The number of rotatable bonds is 3. The standard InChI is InChI=1S/C5H9IO3.C2H2Cl2O2/c1-4(2)9-5(7)8-3-6;3-1-6-2(4)5/h4H,3H2,1-2H3;1H2. The van der Waals surface area contributed by atoms with E-state index in [2.05, 4.69) is 25.8 Å². The molecule has 0 saturated heterocycles. The van der Waals surface area contributed by atoms with Gasteiger partial charge in [-0.15, -0.1) is 0 Å². The number of alkyl halides is 2. The van der Waals surface area contributed by atoms with Crippen LogP contribution in [0.4, 0.5) is 9.59 Å². The van der Waals surface area contributed by atoms with Gasteiger partial charge in [-0.1, -0.05) is 11.6 Å². The van der Waals surface area contributed by atoms with Gasteiger partial charge in [-0.25, -0.2) is 9.59 Å². The van der Waals surface area contributed by atoms with Gasteiger partial charge in [-0.05, 0) is 36.4 Å².